The minimum Gasteiger partial charge on any atom is -0.501 e. The predicted octanol–water partition coefficient (Wildman–Crippen LogP) is 4.17. The van der Waals surface area contributed by atoms with Crippen molar-refractivity contribution in [2.45, 2.75) is 38.8 Å². The molecule has 3 N–H and O–H groups in total. The number of likely N-dealkylation sites (tertiary alicyclic amines) is 1. The first-order chi connectivity index (χ1) is 15.9. The minimum atomic E-state index is -0.689. The molecule has 1 aromatic heterocycles. The molecule has 2 heterocycles. The molecule has 3 aromatic rings. The monoisotopic (exact) mass is 450 g/mol. The Hall–Kier alpha value is -3.52. The smallest absolute Gasteiger partial charge is 0.274 e. The topological polar surface area (TPSA) is 98.6 Å². The molecule has 1 fully saturated rings. The third-order valence-electron chi connectivity index (χ3n) is 6.04. The minimum absolute atomic E-state index is 0.113. The number of hydrogen-bond acceptors (Lipinski definition) is 6. The fourth-order valence-electron chi connectivity index (χ4n) is 4.03. The van der Waals surface area contributed by atoms with Gasteiger partial charge >= 0.3 is 0 Å². The third kappa shape index (κ3) is 5.28. The van der Waals surface area contributed by atoms with Crippen LogP contribution in [0.1, 0.15) is 53.8 Å². The first kappa shape index (κ1) is 22.7. The summed E-state index contributed by atoms with van der Waals surface area (Å²) < 4.78 is 13.0. The van der Waals surface area contributed by atoms with Crippen LogP contribution in [-0.4, -0.2) is 44.1 Å². The van der Waals surface area contributed by atoms with Gasteiger partial charge in [0.2, 0.25) is 5.75 Å². The number of carbonyl (C=O) groups is 1. The Morgan fingerprint density at radius 2 is 1.70 bits per heavy atom. The van der Waals surface area contributed by atoms with Crippen LogP contribution in [0.15, 0.2) is 48.5 Å². The molecule has 0 spiro atoms. The van der Waals surface area contributed by atoms with Crippen LogP contribution in [-0.2, 0) is 6.54 Å². The molecule has 4 rings (SSSR count). The molecule has 8 heteroatoms. The highest BCUT2D eigenvalue weighted by Crippen LogP contribution is 2.30. The summed E-state index contributed by atoms with van der Waals surface area (Å²) in [4.78, 5) is 23.2. The lowest BCUT2D eigenvalue weighted by Crippen LogP contribution is -2.32. The van der Waals surface area contributed by atoms with Crippen LogP contribution in [0.25, 0.3) is 11.4 Å². The second-order valence-corrected chi connectivity index (χ2v) is 8.27. The van der Waals surface area contributed by atoms with E-state index in [0.29, 0.717) is 17.2 Å². The van der Waals surface area contributed by atoms with Crippen molar-refractivity contribution in [2.24, 2.45) is 0 Å². The molecular formula is C25H27FN4O3. The van der Waals surface area contributed by atoms with E-state index in [4.69, 9.17) is 0 Å². The van der Waals surface area contributed by atoms with Crippen LogP contribution in [0.2, 0.25) is 0 Å². The molecule has 1 aliphatic heterocycles. The lowest BCUT2D eigenvalue weighted by Gasteiger charge is -2.32. The van der Waals surface area contributed by atoms with Crippen LogP contribution in [0.3, 0.4) is 0 Å². The second kappa shape index (κ2) is 9.95. The van der Waals surface area contributed by atoms with E-state index >= 15 is 0 Å². The van der Waals surface area contributed by atoms with Gasteiger partial charge in [-0.3, -0.25) is 9.69 Å². The highest BCUT2D eigenvalue weighted by Gasteiger charge is 2.21. The molecule has 33 heavy (non-hydrogen) atoms. The van der Waals surface area contributed by atoms with Crippen LogP contribution in [0.4, 0.5) is 4.39 Å². The summed E-state index contributed by atoms with van der Waals surface area (Å²) in [5.41, 5.74) is 2.14. The number of aromatic hydroxyl groups is 2. The standard InChI is InChI=1S/C25H27FN4O3/c1-16(30-13-3-2-4-14-30)18-7-9-19(10-8-18)23-28-21(22(31)25(33)29-23)24(32)27-15-17-5-11-20(26)12-6-17/h5-12,16,31H,2-4,13-15H2,1H3,(H,27,32)(H,28,29,33). The van der Waals surface area contributed by atoms with Crippen molar-refractivity contribution in [2.75, 3.05) is 13.1 Å². The number of carbonyl (C=O) groups excluding carboxylic acids is 1. The van der Waals surface area contributed by atoms with Gasteiger partial charge in [0, 0.05) is 18.2 Å². The van der Waals surface area contributed by atoms with E-state index in [9.17, 15) is 19.4 Å². The number of hydrogen-bond donors (Lipinski definition) is 3. The normalized spacial score (nSPS) is 15.2. The molecule has 7 nitrogen and oxygen atoms in total. The van der Waals surface area contributed by atoms with Crippen LogP contribution in [0.5, 0.6) is 11.6 Å². The predicted molar refractivity (Wildman–Crippen MR) is 122 cm³/mol. The number of nitrogens with zero attached hydrogens (tertiary/aromatic N) is 3. The molecule has 1 aliphatic rings. The Morgan fingerprint density at radius 3 is 2.36 bits per heavy atom. The van der Waals surface area contributed by atoms with Gasteiger partial charge in [-0.05, 0) is 56.1 Å². The number of nitrogens with one attached hydrogen (secondary N) is 1. The summed E-state index contributed by atoms with van der Waals surface area (Å²) in [5.74, 6) is -2.27. The van der Waals surface area contributed by atoms with Gasteiger partial charge in [0.25, 0.3) is 11.8 Å². The number of benzene rings is 2. The zero-order chi connectivity index (χ0) is 23.4. The molecule has 0 bridgehead atoms. The molecule has 1 amide bonds. The summed E-state index contributed by atoms with van der Waals surface area (Å²) in [6, 6.07) is 13.7. The Bertz CT molecular complexity index is 1110. The van der Waals surface area contributed by atoms with Gasteiger partial charge in [0.05, 0.1) is 0 Å². The summed E-state index contributed by atoms with van der Waals surface area (Å²) in [7, 11) is 0. The first-order valence-corrected chi connectivity index (χ1v) is 11.1. The van der Waals surface area contributed by atoms with Gasteiger partial charge in [-0.1, -0.05) is 42.8 Å². The van der Waals surface area contributed by atoms with Crippen molar-refractivity contribution in [3.63, 3.8) is 0 Å². The van der Waals surface area contributed by atoms with E-state index in [0.717, 1.165) is 13.1 Å². The lowest BCUT2D eigenvalue weighted by molar-refractivity contribution is 0.0942. The molecule has 0 radical (unpaired) electrons. The average Bonchev–Trinajstić information content (AvgIpc) is 2.85. The number of halogens is 1. The Kier molecular flexibility index (Phi) is 6.84. The van der Waals surface area contributed by atoms with Crippen LogP contribution in [0, 0.1) is 5.82 Å². The first-order valence-electron chi connectivity index (χ1n) is 11.1. The van der Waals surface area contributed by atoms with Gasteiger partial charge < -0.3 is 15.5 Å². The van der Waals surface area contributed by atoms with Gasteiger partial charge in [-0.25, -0.2) is 9.37 Å². The zero-order valence-electron chi connectivity index (χ0n) is 18.5. The van der Waals surface area contributed by atoms with Crippen molar-refractivity contribution >= 4 is 5.91 Å². The highest BCUT2D eigenvalue weighted by molar-refractivity contribution is 5.95. The maximum absolute atomic E-state index is 13.0. The van der Waals surface area contributed by atoms with E-state index in [-0.39, 0.29) is 23.9 Å². The second-order valence-electron chi connectivity index (χ2n) is 8.27. The third-order valence-corrected chi connectivity index (χ3v) is 6.04. The highest BCUT2D eigenvalue weighted by atomic mass is 19.1. The van der Waals surface area contributed by atoms with Gasteiger partial charge in [0.1, 0.15) is 5.82 Å². The van der Waals surface area contributed by atoms with E-state index in [1.807, 2.05) is 24.3 Å². The lowest BCUT2D eigenvalue weighted by atomic mass is 10.0. The van der Waals surface area contributed by atoms with Crippen molar-refractivity contribution in [3.05, 3.63) is 71.2 Å². The molecule has 0 saturated carbocycles. The summed E-state index contributed by atoms with van der Waals surface area (Å²) in [6.45, 7) is 4.48. The van der Waals surface area contributed by atoms with E-state index in [1.54, 1.807) is 12.1 Å². The number of aromatic nitrogens is 2. The van der Waals surface area contributed by atoms with E-state index in [1.165, 1.54) is 37.0 Å². The molecule has 1 unspecified atom stereocenters. The van der Waals surface area contributed by atoms with Crippen LogP contribution < -0.4 is 5.32 Å². The van der Waals surface area contributed by atoms with Crippen molar-refractivity contribution < 1.29 is 19.4 Å². The summed E-state index contributed by atoms with van der Waals surface area (Å²) in [5, 5.41) is 22.8. The van der Waals surface area contributed by atoms with Crippen molar-refractivity contribution in [1.82, 2.24) is 20.2 Å². The van der Waals surface area contributed by atoms with Gasteiger partial charge in [0.15, 0.2) is 11.5 Å². The molecular weight excluding hydrogens is 423 g/mol. The average molecular weight is 451 g/mol. The molecule has 172 valence electrons. The fraction of sp³-hybridized carbons (Fsp3) is 0.320. The molecule has 2 aromatic carbocycles. The Balaban J connectivity index is 1.51. The maximum Gasteiger partial charge on any atom is 0.274 e. The SMILES string of the molecule is CC(c1ccc(-c2nc(O)c(O)c(C(=O)NCc3ccc(F)cc3)n2)cc1)N1CCCCC1. The number of amides is 1. The maximum atomic E-state index is 13.0. The van der Waals surface area contributed by atoms with Crippen LogP contribution >= 0.6 is 0 Å². The summed E-state index contributed by atoms with van der Waals surface area (Å²) >= 11 is 0. The van der Waals surface area contributed by atoms with Crippen molar-refractivity contribution in [1.29, 1.82) is 0 Å². The van der Waals surface area contributed by atoms with E-state index in [2.05, 4.69) is 27.1 Å². The van der Waals surface area contributed by atoms with E-state index < -0.39 is 17.5 Å². The number of piperidine rings is 1. The van der Waals surface area contributed by atoms with Crippen molar-refractivity contribution in [3.8, 4) is 23.0 Å². The number of rotatable bonds is 6. The van der Waals surface area contributed by atoms with Gasteiger partial charge in [-0.2, -0.15) is 4.98 Å². The fourth-order valence-corrected chi connectivity index (χ4v) is 4.03. The molecule has 1 atom stereocenters. The largest absolute Gasteiger partial charge is 0.501 e. The Morgan fingerprint density at radius 1 is 1.03 bits per heavy atom. The molecule has 0 aliphatic carbocycles. The molecule has 1 saturated heterocycles. The van der Waals surface area contributed by atoms with Gasteiger partial charge in [-0.15, -0.1) is 0 Å². The quantitative estimate of drug-likeness (QED) is 0.521. The zero-order valence-corrected chi connectivity index (χ0v) is 18.5. The summed E-state index contributed by atoms with van der Waals surface area (Å²) in [6.07, 6.45) is 3.72. The Labute approximate surface area is 191 Å².